The van der Waals surface area contributed by atoms with E-state index >= 15 is 0 Å². The van der Waals surface area contributed by atoms with Crippen molar-refractivity contribution in [1.29, 1.82) is 0 Å². The van der Waals surface area contributed by atoms with E-state index in [0.717, 1.165) is 77.6 Å². The first kappa shape index (κ1) is 25.6. The predicted octanol–water partition coefficient (Wildman–Crippen LogP) is 2.31. The molecule has 174 valence electrons. The van der Waals surface area contributed by atoms with Gasteiger partial charge in [0.15, 0.2) is 5.96 Å². The van der Waals surface area contributed by atoms with Gasteiger partial charge < -0.3 is 20.3 Å². The molecule has 0 radical (unpaired) electrons. The number of carbonyl (C=O) groups is 1. The van der Waals surface area contributed by atoms with Crippen molar-refractivity contribution in [3.8, 4) is 0 Å². The molecule has 2 aliphatic heterocycles. The van der Waals surface area contributed by atoms with Gasteiger partial charge in [0.05, 0.1) is 13.2 Å². The SMILES string of the molecule is CN=C(NCC(CC(C)C)N1CCOCC1)NC1CCN(C(=O)C2CCCC2)C1.I. The Labute approximate surface area is 199 Å². The lowest BCUT2D eigenvalue weighted by Gasteiger charge is -2.36. The molecule has 2 N–H and O–H groups in total. The number of ether oxygens (including phenoxy) is 1. The third-order valence-corrected chi connectivity index (χ3v) is 6.58. The van der Waals surface area contributed by atoms with Crippen LogP contribution in [0.3, 0.4) is 0 Å². The molecular formula is C22H42IN5O2. The Kier molecular flexibility index (Phi) is 11.2. The van der Waals surface area contributed by atoms with Crippen molar-refractivity contribution in [2.45, 2.75) is 64.5 Å². The molecule has 30 heavy (non-hydrogen) atoms. The molecule has 0 aromatic rings. The minimum atomic E-state index is 0. The van der Waals surface area contributed by atoms with Crippen LogP contribution in [0, 0.1) is 11.8 Å². The highest BCUT2D eigenvalue weighted by atomic mass is 127. The van der Waals surface area contributed by atoms with E-state index in [-0.39, 0.29) is 29.9 Å². The van der Waals surface area contributed by atoms with Crippen molar-refractivity contribution < 1.29 is 9.53 Å². The summed E-state index contributed by atoms with van der Waals surface area (Å²) in [5.41, 5.74) is 0. The Hall–Kier alpha value is -0.610. The van der Waals surface area contributed by atoms with Crippen LogP contribution in [-0.2, 0) is 9.53 Å². The van der Waals surface area contributed by atoms with Gasteiger partial charge in [-0.1, -0.05) is 26.7 Å². The summed E-state index contributed by atoms with van der Waals surface area (Å²) in [6.45, 7) is 10.8. The Bertz CT molecular complexity index is 548. The molecule has 2 heterocycles. The van der Waals surface area contributed by atoms with Crippen LogP contribution in [0.4, 0.5) is 0 Å². The first-order chi connectivity index (χ1) is 14.1. The molecule has 2 atom stereocenters. The van der Waals surface area contributed by atoms with Gasteiger partial charge in [0.25, 0.3) is 0 Å². The zero-order valence-corrected chi connectivity index (χ0v) is 21.4. The molecule has 1 amide bonds. The van der Waals surface area contributed by atoms with Crippen LogP contribution in [-0.4, -0.2) is 86.7 Å². The number of guanidine groups is 1. The lowest BCUT2D eigenvalue weighted by Crippen LogP contribution is -2.52. The fraction of sp³-hybridized carbons (Fsp3) is 0.909. The smallest absolute Gasteiger partial charge is 0.225 e. The first-order valence-corrected chi connectivity index (χ1v) is 11.6. The van der Waals surface area contributed by atoms with E-state index in [1.54, 1.807) is 0 Å². The second-order valence-corrected chi connectivity index (χ2v) is 9.28. The van der Waals surface area contributed by atoms with Gasteiger partial charge in [-0.2, -0.15) is 0 Å². The quantitative estimate of drug-likeness (QED) is 0.298. The fourth-order valence-corrected chi connectivity index (χ4v) is 4.96. The van der Waals surface area contributed by atoms with E-state index in [2.05, 4.69) is 39.3 Å². The van der Waals surface area contributed by atoms with Gasteiger partial charge in [-0.15, -0.1) is 24.0 Å². The molecule has 3 aliphatic rings. The maximum absolute atomic E-state index is 12.7. The summed E-state index contributed by atoms with van der Waals surface area (Å²) in [6, 6.07) is 0.778. The van der Waals surface area contributed by atoms with Crippen molar-refractivity contribution in [1.82, 2.24) is 20.4 Å². The normalized spacial score (nSPS) is 24.7. The molecule has 7 nitrogen and oxygen atoms in total. The second kappa shape index (κ2) is 13.1. The summed E-state index contributed by atoms with van der Waals surface area (Å²) in [6.07, 6.45) is 6.74. The monoisotopic (exact) mass is 535 g/mol. The number of amides is 1. The van der Waals surface area contributed by atoms with Gasteiger partial charge in [0.2, 0.25) is 5.91 Å². The Morgan fingerprint density at radius 1 is 1.13 bits per heavy atom. The lowest BCUT2D eigenvalue weighted by molar-refractivity contribution is -0.134. The fourth-order valence-electron chi connectivity index (χ4n) is 4.96. The van der Waals surface area contributed by atoms with Gasteiger partial charge in [-0.05, 0) is 31.6 Å². The van der Waals surface area contributed by atoms with Gasteiger partial charge in [-0.3, -0.25) is 14.7 Å². The number of rotatable bonds is 7. The molecule has 2 unspecified atom stereocenters. The summed E-state index contributed by atoms with van der Waals surface area (Å²) in [4.78, 5) is 21.7. The van der Waals surface area contributed by atoms with Crippen molar-refractivity contribution >= 4 is 35.8 Å². The van der Waals surface area contributed by atoms with Gasteiger partial charge in [-0.25, -0.2) is 0 Å². The highest BCUT2D eigenvalue weighted by Gasteiger charge is 2.32. The molecule has 2 saturated heterocycles. The number of likely N-dealkylation sites (tertiary alicyclic amines) is 1. The van der Waals surface area contributed by atoms with Crippen molar-refractivity contribution in [3.63, 3.8) is 0 Å². The Morgan fingerprint density at radius 3 is 2.47 bits per heavy atom. The summed E-state index contributed by atoms with van der Waals surface area (Å²) in [5.74, 6) is 2.16. The average molecular weight is 536 g/mol. The average Bonchev–Trinajstić information content (AvgIpc) is 3.42. The molecule has 0 aromatic carbocycles. The molecule has 0 spiro atoms. The summed E-state index contributed by atoms with van der Waals surface area (Å²) in [5, 5.41) is 7.11. The van der Waals surface area contributed by atoms with E-state index in [1.807, 2.05) is 7.05 Å². The van der Waals surface area contributed by atoms with Crippen molar-refractivity contribution in [3.05, 3.63) is 0 Å². The van der Waals surface area contributed by atoms with Crippen LogP contribution in [0.2, 0.25) is 0 Å². The summed E-state index contributed by atoms with van der Waals surface area (Å²) >= 11 is 0. The maximum Gasteiger partial charge on any atom is 0.225 e. The highest BCUT2D eigenvalue weighted by Crippen LogP contribution is 2.27. The lowest BCUT2D eigenvalue weighted by atomic mass is 10.0. The minimum absolute atomic E-state index is 0. The molecule has 3 rings (SSSR count). The second-order valence-electron chi connectivity index (χ2n) is 9.28. The molecule has 3 fully saturated rings. The van der Waals surface area contributed by atoms with Crippen LogP contribution < -0.4 is 10.6 Å². The molecule has 8 heteroatoms. The van der Waals surface area contributed by atoms with Crippen LogP contribution >= 0.6 is 24.0 Å². The predicted molar refractivity (Wildman–Crippen MR) is 132 cm³/mol. The molecule has 0 bridgehead atoms. The zero-order chi connectivity index (χ0) is 20.6. The largest absolute Gasteiger partial charge is 0.379 e. The van der Waals surface area contributed by atoms with E-state index in [0.29, 0.717) is 23.9 Å². The van der Waals surface area contributed by atoms with Crippen LogP contribution in [0.15, 0.2) is 4.99 Å². The third-order valence-electron chi connectivity index (χ3n) is 6.58. The van der Waals surface area contributed by atoms with Crippen LogP contribution in [0.1, 0.15) is 52.4 Å². The maximum atomic E-state index is 12.7. The number of nitrogens with one attached hydrogen (secondary N) is 2. The molecule has 0 aromatic heterocycles. The Balaban J connectivity index is 0.00000320. The number of morpholine rings is 1. The van der Waals surface area contributed by atoms with Gasteiger partial charge in [0.1, 0.15) is 0 Å². The van der Waals surface area contributed by atoms with Gasteiger partial charge in [0, 0.05) is 57.8 Å². The minimum Gasteiger partial charge on any atom is -0.379 e. The Morgan fingerprint density at radius 2 is 1.83 bits per heavy atom. The van der Waals surface area contributed by atoms with Crippen molar-refractivity contribution in [2.75, 3.05) is 53.0 Å². The highest BCUT2D eigenvalue weighted by molar-refractivity contribution is 14.0. The van der Waals surface area contributed by atoms with Crippen LogP contribution in [0.25, 0.3) is 0 Å². The first-order valence-electron chi connectivity index (χ1n) is 11.6. The van der Waals surface area contributed by atoms with E-state index < -0.39 is 0 Å². The summed E-state index contributed by atoms with van der Waals surface area (Å²) < 4.78 is 5.53. The summed E-state index contributed by atoms with van der Waals surface area (Å²) in [7, 11) is 1.83. The van der Waals surface area contributed by atoms with Crippen molar-refractivity contribution in [2.24, 2.45) is 16.8 Å². The number of halogens is 1. The zero-order valence-electron chi connectivity index (χ0n) is 19.1. The number of hydrogen-bond donors (Lipinski definition) is 2. The molecular weight excluding hydrogens is 493 g/mol. The van der Waals surface area contributed by atoms with Crippen LogP contribution in [0.5, 0.6) is 0 Å². The number of nitrogens with zero attached hydrogens (tertiary/aromatic N) is 3. The molecule has 1 saturated carbocycles. The van der Waals surface area contributed by atoms with Gasteiger partial charge >= 0.3 is 0 Å². The standard InChI is InChI=1S/C22H41N5O2.HI/c1-17(2)14-20(26-10-12-29-13-11-26)15-24-22(23-3)25-19-8-9-27(16-19)21(28)18-6-4-5-7-18;/h17-20H,4-16H2,1-3H3,(H2,23,24,25);1H. The topological polar surface area (TPSA) is 69.2 Å². The number of carbonyl (C=O) groups excluding carboxylic acids is 1. The van der Waals surface area contributed by atoms with E-state index in [1.165, 1.54) is 12.8 Å². The number of aliphatic imine (C=N–C) groups is 1. The third kappa shape index (κ3) is 7.51. The number of hydrogen-bond acceptors (Lipinski definition) is 4. The van der Waals surface area contributed by atoms with E-state index in [9.17, 15) is 4.79 Å². The van der Waals surface area contributed by atoms with E-state index in [4.69, 9.17) is 4.74 Å². The molecule has 1 aliphatic carbocycles.